The van der Waals surface area contributed by atoms with Crippen LogP contribution in [0.3, 0.4) is 0 Å². The van der Waals surface area contributed by atoms with E-state index in [9.17, 15) is 9.59 Å². The zero-order chi connectivity index (χ0) is 21.8. The summed E-state index contributed by atoms with van der Waals surface area (Å²) in [6.45, 7) is 12.2. The van der Waals surface area contributed by atoms with Gasteiger partial charge < -0.3 is 14.9 Å². The Balaban J connectivity index is 0. The van der Waals surface area contributed by atoms with Gasteiger partial charge in [-0.1, -0.05) is 86.0 Å². The van der Waals surface area contributed by atoms with Crippen LogP contribution in [0.5, 0.6) is 0 Å². The maximum absolute atomic E-state index is 9.60. The number of rotatable bonds is 2. The minimum Gasteiger partial charge on any atom is -0.478 e. The molecular weight excluding hydrogens is 356 g/mol. The summed E-state index contributed by atoms with van der Waals surface area (Å²) in [5.41, 5.74) is 0.352. The normalized spacial score (nSPS) is 12.3. The Morgan fingerprint density at radius 1 is 0.714 bits per heavy atom. The lowest BCUT2D eigenvalue weighted by molar-refractivity contribution is -0.133. The lowest BCUT2D eigenvalue weighted by atomic mass is 10.4. The van der Waals surface area contributed by atoms with Gasteiger partial charge in [-0.2, -0.15) is 0 Å². The first kappa shape index (κ1) is 27.0. The monoisotopic (exact) mass is 386 g/mol. The molecule has 2 N–H and O–H groups in total. The molecule has 152 valence electrons. The molecule has 2 aromatic rings. The van der Waals surface area contributed by atoms with E-state index in [4.69, 9.17) is 14.9 Å². The summed E-state index contributed by atoms with van der Waals surface area (Å²) in [6.07, 6.45) is 0.583. The molecule has 3 rings (SSSR count). The van der Waals surface area contributed by atoms with E-state index in [2.05, 4.69) is 20.1 Å². The minimum atomic E-state index is -0.935. The van der Waals surface area contributed by atoms with Crippen LogP contribution in [0.2, 0.25) is 0 Å². The first-order valence-electron chi connectivity index (χ1n) is 8.57. The molecule has 28 heavy (non-hydrogen) atoms. The number of ether oxygens (including phenoxy) is 1. The van der Waals surface area contributed by atoms with Crippen LogP contribution in [0, 0.1) is 0 Å². The zero-order valence-corrected chi connectivity index (χ0v) is 16.7. The average molecular weight is 386 g/mol. The molecule has 0 aliphatic carbocycles. The highest BCUT2D eigenvalue weighted by Gasteiger charge is 2.13. The topological polar surface area (TPSA) is 87.1 Å². The Bertz CT molecular complexity index is 529. The third kappa shape index (κ3) is 27.7. The molecule has 1 unspecified atom stereocenters. The smallest absolute Gasteiger partial charge is 0.330 e. The quantitative estimate of drug-likeness (QED) is 0.556. The molecule has 0 radical (unpaired) electrons. The molecule has 0 bridgehead atoms. The number of benzene rings is 2. The van der Waals surface area contributed by atoms with Crippen molar-refractivity contribution in [2.45, 2.75) is 26.9 Å². The van der Waals surface area contributed by atoms with Crippen molar-refractivity contribution in [3.63, 3.8) is 0 Å². The van der Waals surface area contributed by atoms with Gasteiger partial charge >= 0.3 is 11.9 Å². The fourth-order valence-corrected chi connectivity index (χ4v) is 0.866. The van der Waals surface area contributed by atoms with Crippen LogP contribution in [0.15, 0.2) is 97.1 Å². The van der Waals surface area contributed by atoms with Gasteiger partial charge in [0.15, 0.2) is 0 Å². The summed E-state index contributed by atoms with van der Waals surface area (Å²) in [7, 11) is 0. The summed E-state index contributed by atoms with van der Waals surface area (Å²) in [5, 5.41) is 15.8. The van der Waals surface area contributed by atoms with Gasteiger partial charge in [0.2, 0.25) is 0 Å². The maximum Gasteiger partial charge on any atom is 0.330 e. The average Bonchev–Trinajstić information content (AvgIpc) is 3.48. The molecule has 2 aromatic carbocycles. The van der Waals surface area contributed by atoms with Gasteiger partial charge in [0.25, 0.3) is 0 Å². The van der Waals surface area contributed by atoms with Crippen molar-refractivity contribution in [2.75, 3.05) is 6.61 Å². The fraction of sp³-hybridized carbons (Fsp3) is 0.217. The summed E-state index contributed by atoms with van der Waals surface area (Å²) in [4.78, 5) is 19.2. The van der Waals surface area contributed by atoms with Gasteiger partial charge in [-0.25, -0.2) is 9.59 Å². The number of aliphatic carboxylic acids is 2. The van der Waals surface area contributed by atoms with Crippen LogP contribution in [-0.2, 0) is 14.3 Å². The molecular formula is C23H30O5. The van der Waals surface area contributed by atoms with Gasteiger partial charge in [0.1, 0.15) is 0 Å². The molecule has 1 aliphatic heterocycles. The molecule has 1 fully saturated rings. The van der Waals surface area contributed by atoms with E-state index in [-0.39, 0.29) is 11.1 Å². The fourth-order valence-electron chi connectivity index (χ4n) is 0.866. The van der Waals surface area contributed by atoms with Crippen molar-refractivity contribution in [3.05, 3.63) is 97.1 Å². The van der Waals surface area contributed by atoms with Crippen LogP contribution in [0.25, 0.3) is 0 Å². The van der Waals surface area contributed by atoms with Crippen molar-refractivity contribution in [3.8, 4) is 0 Å². The molecule has 1 heterocycles. The molecule has 1 saturated heterocycles. The highest BCUT2D eigenvalue weighted by atomic mass is 16.6. The van der Waals surface area contributed by atoms with Crippen LogP contribution in [0.4, 0.5) is 0 Å². The van der Waals surface area contributed by atoms with E-state index in [0.717, 1.165) is 6.61 Å². The summed E-state index contributed by atoms with van der Waals surface area (Å²) in [6, 6.07) is 24.0. The van der Waals surface area contributed by atoms with Gasteiger partial charge in [0, 0.05) is 11.1 Å². The van der Waals surface area contributed by atoms with E-state index < -0.39 is 11.9 Å². The van der Waals surface area contributed by atoms with E-state index in [1.54, 1.807) is 0 Å². The third-order valence-corrected chi connectivity index (χ3v) is 2.56. The summed E-state index contributed by atoms with van der Waals surface area (Å²) < 4.78 is 4.71. The van der Waals surface area contributed by atoms with Gasteiger partial charge in [-0.15, -0.1) is 0 Å². The van der Waals surface area contributed by atoms with Crippen molar-refractivity contribution in [2.24, 2.45) is 0 Å². The number of epoxide rings is 1. The number of hydrogen-bond acceptors (Lipinski definition) is 3. The Labute approximate surface area is 167 Å². The van der Waals surface area contributed by atoms with Crippen molar-refractivity contribution >= 4 is 11.9 Å². The number of carboxylic acid groups (broad SMARTS) is 2. The van der Waals surface area contributed by atoms with Crippen LogP contribution in [0.1, 0.15) is 20.8 Å². The van der Waals surface area contributed by atoms with E-state index in [1.807, 2.05) is 72.8 Å². The lowest BCUT2D eigenvalue weighted by Gasteiger charge is -1.79. The van der Waals surface area contributed by atoms with Crippen molar-refractivity contribution in [1.82, 2.24) is 0 Å². The predicted octanol–water partition coefficient (Wildman–Crippen LogP) is 5.07. The number of carboxylic acids is 2. The third-order valence-electron chi connectivity index (χ3n) is 2.56. The molecule has 1 atom stereocenters. The van der Waals surface area contributed by atoms with E-state index in [0.29, 0.717) is 6.10 Å². The summed E-state index contributed by atoms with van der Waals surface area (Å²) >= 11 is 0. The van der Waals surface area contributed by atoms with Crippen LogP contribution < -0.4 is 0 Å². The summed E-state index contributed by atoms with van der Waals surface area (Å²) in [5.74, 6) is -1.87. The second kappa shape index (κ2) is 18.6. The molecule has 0 spiro atoms. The molecule has 5 heteroatoms. The Morgan fingerprint density at radius 3 is 0.857 bits per heavy atom. The lowest BCUT2D eigenvalue weighted by Crippen LogP contribution is -1.92. The van der Waals surface area contributed by atoms with Crippen LogP contribution >= 0.6 is 0 Å². The first-order valence-corrected chi connectivity index (χ1v) is 8.57. The maximum atomic E-state index is 9.60. The molecule has 1 aliphatic rings. The molecule has 0 saturated carbocycles. The highest BCUT2D eigenvalue weighted by molar-refractivity contribution is 5.85. The predicted molar refractivity (Wildman–Crippen MR) is 113 cm³/mol. The number of carbonyl (C=O) groups is 2. The molecule has 0 aromatic heterocycles. The van der Waals surface area contributed by atoms with Gasteiger partial charge in [-0.3, -0.25) is 0 Å². The Kier molecular flexibility index (Phi) is 18.0. The van der Waals surface area contributed by atoms with Crippen molar-refractivity contribution < 1.29 is 24.5 Å². The van der Waals surface area contributed by atoms with E-state index >= 15 is 0 Å². The molecule has 5 nitrogen and oxygen atoms in total. The largest absolute Gasteiger partial charge is 0.478 e. The van der Waals surface area contributed by atoms with Crippen LogP contribution in [-0.4, -0.2) is 34.9 Å². The highest BCUT2D eigenvalue weighted by Crippen LogP contribution is 2.04. The Morgan fingerprint density at radius 2 is 0.821 bits per heavy atom. The van der Waals surface area contributed by atoms with Gasteiger partial charge in [0.05, 0.1) is 12.7 Å². The van der Waals surface area contributed by atoms with Crippen molar-refractivity contribution in [1.29, 1.82) is 0 Å². The zero-order valence-electron chi connectivity index (χ0n) is 16.7. The second-order valence-corrected chi connectivity index (χ2v) is 5.62. The number of hydrogen-bond donors (Lipinski definition) is 2. The first-order chi connectivity index (χ1) is 13.2. The molecule has 0 amide bonds. The standard InChI is InChI=1S/2C6H6.2C4H6O2.C3H6O/c2*1-2-4-6-5-3-1;2*1-3(2)4(5)6;1-3-2-4-3/h2*1-6H;2*1H2,2H3,(H,5,6);3H,2H2,1H3. The SMILES string of the molecule is C=C(C)C(=O)O.C=C(C)C(=O)O.CC1CO1.c1ccccc1.c1ccccc1. The second-order valence-electron chi connectivity index (χ2n) is 5.62. The Hall–Kier alpha value is -3.18. The minimum absolute atomic E-state index is 0.176. The van der Waals surface area contributed by atoms with E-state index in [1.165, 1.54) is 13.8 Å². The van der Waals surface area contributed by atoms with Gasteiger partial charge in [-0.05, 0) is 20.8 Å².